The minimum Gasteiger partial charge on any atom is -0.467 e. The Morgan fingerprint density at radius 3 is 2.47 bits per heavy atom. The molecule has 160 valence electrons. The molecule has 0 radical (unpaired) electrons. The molecule has 2 N–H and O–H groups in total. The second-order valence-corrected chi connectivity index (χ2v) is 8.26. The predicted octanol–water partition coefficient (Wildman–Crippen LogP) is 0.860. The zero-order valence-electron chi connectivity index (χ0n) is 17.0. The number of carbonyl (C=O) groups excluding carboxylic acids is 4. The van der Waals surface area contributed by atoms with Crippen LogP contribution >= 0.6 is 0 Å². The van der Waals surface area contributed by atoms with Gasteiger partial charge in [0.1, 0.15) is 18.1 Å². The maximum absolute atomic E-state index is 13.7. The van der Waals surface area contributed by atoms with E-state index in [1.165, 1.54) is 7.11 Å². The summed E-state index contributed by atoms with van der Waals surface area (Å²) in [6.07, 6.45) is 3.50. The van der Waals surface area contributed by atoms with E-state index in [0.717, 1.165) is 18.4 Å². The van der Waals surface area contributed by atoms with E-state index in [0.29, 0.717) is 25.7 Å². The van der Waals surface area contributed by atoms with Gasteiger partial charge < -0.3 is 20.3 Å². The number of hydrogen-bond donors (Lipinski definition) is 2. The highest BCUT2D eigenvalue weighted by Gasteiger charge is 2.48. The molecule has 5 atom stereocenters. The van der Waals surface area contributed by atoms with Crippen LogP contribution in [0.5, 0.6) is 0 Å². The molecule has 0 aliphatic carbocycles. The summed E-state index contributed by atoms with van der Waals surface area (Å²) in [7, 11) is 1.33. The lowest BCUT2D eigenvalue weighted by molar-refractivity contribution is -0.153. The fourth-order valence-electron chi connectivity index (χ4n) is 5.02. The molecule has 4 rings (SSSR count). The number of rotatable bonds is 4. The standard InChI is InChI=1S/C22H27N3O5/c1-30-22(29)17-11-8-14-7-9-15(13-5-3-2-4-6-13)19(21(28)25(14)17)24-20(27)16-10-12-18(26)23-16/h2-6,14-17,19H,7-12H2,1H3,(H,23,26)(H,24,27)/t14-,15+,16-,17-,19+/m0/s1. The van der Waals surface area contributed by atoms with Gasteiger partial charge >= 0.3 is 5.97 Å². The van der Waals surface area contributed by atoms with Crippen LogP contribution in [0, 0.1) is 0 Å². The topological polar surface area (TPSA) is 105 Å². The first-order valence-corrected chi connectivity index (χ1v) is 10.5. The summed E-state index contributed by atoms with van der Waals surface area (Å²) < 4.78 is 4.93. The maximum atomic E-state index is 13.7. The summed E-state index contributed by atoms with van der Waals surface area (Å²) >= 11 is 0. The molecule has 3 fully saturated rings. The van der Waals surface area contributed by atoms with Crippen molar-refractivity contribution in [2.75, 3.05) is 7.11 Å². The molecule has 0 saturated carbocycles. The van der Waals surface area contributed by atoms with Crippen molar-refractivity contribution in [3.63, 3.8) is 0 Å². The first-order chi connectivity index (χ1) is 14.5. The van der Waals surface area contributed by atoms with E-state index in [1.807, 2.05) is 30.3 Å². The summed E-state index contributed by atoms with van der Waals surface area (Å²) in [5.41, 5.74) is 0.974. The van der Waals surface area contributed by atoms with Crippen LogP contribution in [0.4, 0.5) is 0 Å². The molecule has 1 aromatic rings. The Labute approximate surface area is 175 Å². The van der Waals surface area contributed by atoms with Crippen LogP contribution in [-0.4, -0.2) is 59.9 Å². The van der Waals surface area contributed by atoms with E-state index in [2.05, 4.69) is 10.6 Å². The summed E-state index contributed by atoms with van der Waals surface area (Å²) in [5, 5.41) is 5.57. The molecule has 0 aromatic heterocycles. The Morgan fingerprint density at radius 2 is 1.80 bits per heavy atom. The van der Waals surface area contributed by atoms with Crippen molar-refractivity contribution in [1.29, 1.82) is 0 Å². The molecule has 0 spiro atoms. The Kier molecular flexibility index (Phi) is 5.74. The van der Waals surface area contributed by atoms with Gasteiger partial charge in [-0.15, -0.1) is 0 Å². The van der Waals surface area contributed by atoms with Gasteiger partial charge in [0.2, 0.25) is 17.7 Å². The second-order valence-electron chi connectivity index (χ2n) is 8.26. The Bertz CT molecular complexity index is 842. The maximum Gasteiger partial charge on any atom is 0.328 e. The zero-order chi connectivity index (χ0) is 21.3. The van der Waals surface area contributed by atoms with Crippen LogP contribution in [0.1, 0.15) is 50.0 Å². The van der Waals surface area contributed by atoms with Crippen molar-refractivity contribution in [3.8, 4) is 0 Å². The Balaban J connectivity index is 1.64. The average molecular weight is 413 g/mol. The van der Waals surface area contributed by atoms with Crippen molar-refractivity contribution < 1.29 is 23.9 Å². The van der Waals surface area contributed by atoms with E-state index in [4.69, 9.17) is 4.74 Å². The van der Waals surface area contributed by atoms with Crippen LogP contribution in [0.3, 0.4) is 0 Å². The van der Waals surface area contributed by atoms with Crippen molar-refractivity contribution in [2.45, 2.75) is 68.6 Å². The van der Waals surface area contributed by atoms with Gasteiger partial charge in [-0.2, -0.15) is 0 Å². The van der Waals surface area contributed by atoms with Gasteiger partial charge in [-0.25, -0.2) is 4.79 Å². The lowest BCUT2D eigenvalue weighted by Gasteiger charge is -2.32. The lowest BCUT2D eigenvalue weighted by Crippen LogP contribution is -2.56. The van der Waals surface area contributed by atoms with Gasteiger partial charge in [-0.1, -0.05) is 30.3 Å². The molecule has 8 heteroatoms. The first kappa shape index (κ1) is 20.4. The van der Waals surface area contributed by atoms with Gasteiger partial charge in [-0.3, -0.25) is 14.4 Å². The zero-order valence-corrected chi connectivity index (χ0v) is 17.0. The van der Waals surface area contributed by atoms with E-state index in [-0.39, 0.29) is 29.7 Å². The molecule has 0 bridgehead atoms. The number of amides is 3. The molecule has 0 unspecified atom stereocenters. The third-order valence-corrected chi connectivity index (χ3v) is 6.55. The highest BCUT2D eigenvalue weighted by Crippen LogP contribution is 2.38. The molecular formula is C22H27N3O5. The highest BCUT2D eigenvalue weighted by atomic mass is 16.5. The third-order valence-electron chi connectivity index (χ3n) is 6.55. The molecule has 30 heavy (non-hydrogen) atoms. The largest absolute Gasteiger partial charge is 0.467 e. The number of nitrogens with zero attached hydrogens (tertiary/aromatic N) is 1. The Morgan fingerprint density at radius 1 is 1.07 bits per heavy atom. The fraction of sp³-hybridized carbons (Fsp3) is 0.545. The lowest BCUT2D eigenvalue weighted by atomic mass is 9.86. The van der Waals surface area contributed by atoms with Crippen molar-refractivity contribution >= 4 is 23.7 Å². The summed E-state index contributed by atoms with van der Waals surface area (Å²) in [6, 6.07) is 7.58. The van der Waals surface area contributed by atoms with Crippen LogP contribution in [-0.2, 0) is 23.9 Å². The van der Waals surface area contributed by atoms with Gasteiger partial charge in [0, 0.05) is 18.4 Å². The summed E-state index contributed by atoms with van der Waals surface area (Å²) in [6.45, 7) is 0. The van der Waals surface area contributed by atoms with E-state index < -0.39 is 24.1 Å². The number of esters is 1. The fourth-order valence-corrected chi connectivity index (χ4v) is 5.02. The van der Waals surface area contributed by atoms with Crippen LogP contribution in [0.15, 0.2) is 30.3 Å². The van der Waals surface area contributed by atoms with Gasteiger partial charge in [0.25, 0.3) is 0 Å². The van der Waals surface area contributed by atoms with Gasteiger partial charge in [0.15, 0.2) is 0 Å². The number of ether oxygens (including phenoxy) is 1. The number of fused-ring (bicyclic) bond motifs is 1. The van der Waals surface area contributed by atoms with Crippen molar-refractivity contribution in [2.24, 2.45) is 0 Å². The SMILES string of the molecule is COC(=O)[C@@H]1CC[C@@H]2CC[C@H](c3ccccc3)[C@@H](NC(=O)[C@@H]3CCC(=O)N3)C(=O)N21. The third kappa shape index (κ3) is 3.78. The smallest absolute Gasteiger partial charge is 0.328 e. The molecular weight excluding hydrogens is 386 g/mol. The second kappa shape index (κ2) is 8.45. The minimum absolute atomic E-state index is 0.0408. The molecule has 8 nitrogen and oxygen atoms in total. The predicted molar refractivity (Wildman–Crippen MR) is 107 cm³/mol. The number of methoxy groups -OCH3 is 1. The van der Waals surface area contributed by atoms with Gasteiger partial charge in [0.05, 0.1) is 7.11 Å². The summed E-state index contributed by atoms with van der Waals surface area (Å²) in [5.74, 6) is -1.39. The van der Waals surface area contributed by atoms with Crippen LogP contribution in [0.2, 0.25) is 0 Å². The van der Waals surface area contributed by atoms with E-state index in [9.17, 15) is 19.2 Å². The monoisotopic (exact) mass is 413 g/mol. The van der Waals surface area contributed by atoms with Crippen molar-refractivity contribution in [1.82, 2.24) is 15.5 Å². The van der Waals surface area contributed by atoms with E-state index >= 15 is 0 Å². The summed E-state index contributed by atoms with van der Waals surface area (Å²) in [4.78, 5) is 52.0. The number of benzene rings is 1. The molecule has 3 aliphatic rings. The Hall–Kier alpha value is -2.90. The minimum atomic E-state index is -0.798. The molecule has 1 aromatic carbocycles. The highest BCUT2D eigenvalue weighted by molar-refractivity contribution is 5.96. The van der Waals surface area contributed by atoms with Crippen LogP contribution < -0.4 is 10.6 Å². The molecule has 3 amide bonds. The van der Waals surface area contributed by atoms with E-state index in [1.54, 1.807) is 4.90 Å². The normalized spacial score (nSPS) is 31.0. The number of nitrogens with one attached hydrogen (secondary N) is 2. The number of hydrogen-bond acceptors (Lipinski definition) is 5. The molecule has 3 aliphatic heterocycles. The van der Waals surface area contributed by atoms with Crippen LogP contribution in [0.25, 0.3) is 0 Å². The van der Waals surface area contributed by atoms with Gasteiger partial charge in [-0.05, 0) is 37.7 Å². The molecule has 3 heterocycles. The average Bonchev–Trinajstić information content (AvgIpc) is 3.36. The van der Waals surface area contributed by atoms with Crippen molar-refractivity contribution in [3.05, 3.63) is 35.9 Å². The first-order valence-electron chi connectivity index (χ1n) is 10.5. The molecule has 3 saturated heterocycles. The number of carbonyl (C=O) groups is 4. The quantitative estimate of drug-likeness (QED) is 0.713.